The summed E-state index contributed by atoms with van der Waals surface area (Å²) >= 11 is 1.72. The maximum absolute atomic E-state index is 12.7. The molecule has 0 spiro atoms. The summed E-state index contributed by atoms with van der Waals surface area (Å²) in [6, 6.07) is 11.7. The highest BCUT2D eigenvalue weighted by molar-refractivity contribution is 7.10. The smallest absolute Gasteiger partial charge is 0.255 e. The molecule has 3 rings (SSSR count). The third-order valence-electron chi connectivity index (χ3n) is 4.25. The van der Waals surface area contributed by atoms with Crippen molar-refractivity contribution in [1.29, 1.82) is 0 Å². The van der Waals surface area contributed by atoms with Crippen LogP contribution in [0.2, 0.25) is 0 Å². The zero-order valence-corrected chi connectivity index (χ0v) is 15.3. The highest BCUT2D eigenvalue weighted by atomic mass is 32.1. The van der Waals surface area contributed by atoms with E-state index in [2.05, 4.69) is 27.7 Å². The van der Waals surface area contributed by atoms with Crippen LogP contribution in [0.25, 0.3) is 0 Å². The van der Waals surface area contributed by atoms with Crippen LogP contribution in [0.15, 0.2) is 41.8 Å². The summed E-state index contributed by atoms with van der Waals surface area (Å²) in [5.74, 6) is 0.528. The van der Waals surface area contributed by atoms with Gasteiger partial charge < -0.3 is 14.8 Å². The number of ether oxygens (including phenoxy) is 2. The van der Waals surface area contributed by atoms with Crippen LogP contribution in [-0.4, -0.2) is 50.3 Å². The Morgan fingerprint density at radius 1 is 1.28 bits per heavy atom. The van der Waals surface area contributed by atoms with Crippen LogP contribution in [0.4, 0.5) is 0 Å². The molecule has 6 heteroatoms. The maximum Gasteiger partial charge on any atom is 0.255 e. The van der Waals surface area contributed by atoms with Crippen LogP contribution in [0.3, 0.4) is 0 Å². The lowest BCUT2D eigenvalue weighted by Gasteiger charge is -2.34. The minimum atomic E-state index is -0.0983. The molecule has 2 heterocycles. The van der Waals surface area contributed by atoms with E-state index in [0.717, 1.165) is 26.3 Å². The first-order valence-corrected chi connectivity index (χ1v) is 9.52. The Kier molecular flexibility index (Phi) is 6.44. The fourth-order valence-electron chi connectivity index (χ4n) is 3.00. The molecule has 0 saturated carbocycles. The fraction of sp³-hybridized carbons (Fsp3) is 0.421. The fourth-order valence-corrected chi connectivity index (χ4v) is 3.86. The molecular formula is C19H24N2O3S. The van der Waals surface area contributed by atoms with Crippen molar-refractivity contribution in [2.75, 3.05) is 39.5 Å². The van der Waals surface area contributed by atoms with Crippen molar-refractivity contribution in [3.8, 4) is 5.75 Å². The van der Waals surface area contributed by atoms with Crippen molar-refractivity contribution in [2.45, 2.75) is 13.0 Å². The summed E-state index contributed by atoms with van der Waals surface area (Å²) in [5, 5.41) is 5.17. The number of thiophene rings is 1. The van der Waals surface area contributed by atoms with Crippen LogP contribution in [0, 0.1) is 0 Å². The largest absolute Gasteiger partial charge is 0.493 e. The van der Waals surface area contributed by atoms with E-state index < -0.39 is 0 Å². The molecule has 5 nitrogen and oxygen atoms in total. The zero-order valence-electron chi connectivity index (χ0n) is 14.4. The molecule has 1 atom stereocenters. The highest BCUT2D eigenvalue weighted by Crippen LogP contribution is 2.26. The molecule has 2 aromatic rings. The van der Waals surface area contributed by atoms with E-state index in [1.165, 1.54) is 4.88 Å². The third-order valence-corrected chi connectivity index (χ3v) is 5.22. The molecule has 1 aliphatic heterocycles. The van der Waals surface area contributed by atoms with Crippen molar-refractivity contribution in [2.24, 2.45) is 0 Å². The second-order valence-electron chi connectivity index (χ2n) is 5.82. The number of hydrogen-bond acceptors (Lipinski definition) is 5. The van der Waals surface area contributed by atoms with Crippen LogP contribution in [-0.2, 0) is 4.74 Å². The van der Waals surface area contributed by atoms with Gasteiger partial charge in [-0.05, 0) is 30.5 Å². The number of nitrogens with zero attached hydrogens (tertiary/aromatic N) is 1. The summed E-state index contributed by atoms with van der Waals surface area (Å²) in [4.78, 5) is 16.3. The SMILES string of the molecule is CCOc1ccccc1C(=O)NC[C@@H](c1cccs1)N1CCOCC1. The quantitative estimate of drug-likeness (QED) is 0.825. The van der Waals surface area contributed by atoms with E-state index >= 15 is 0 Å². The Balaban J connectivity index is 1.69. The van der Waals surface area contributed by atoms with Crippen molar-refractivity contribution in [1.82, 2.24) is 10.2 Å². The first-order chi connectivity index (χ1) is 12.3. The molecule has 0 aliphatic carbocycles. The van der Waals surface area contributed by atoms with E-state index in [1.807, 2.05) is 25.1 Å². The standard InChI is InChI=1S/C19H24N2O3S/c1-2-24-17-7-4-3-6-15(17)19(22)20-14-16(18-8-5-13-25-18)21-9-11-23-12-10-21/h3-8,13,16H,2,9-12,14H2,1H3,(H,20,22)/t16-/m0/s1. The van der Waals surface area contributed by atoms with Crippen molar-refractivity contribution >= 4 is 17.2 Å². The molecule has 1 aliphatic rings. The lowest BCUT2D eigenvalue weighted by atomic mass is 10.1. The number of carbonyl (C=O) groups is 1. The van der Waals surface area contributed by atoms with Gasteiger partial charge >= 0.3 is 0 Å². The van der Waals surface area contributed by atoms with E-state index in [4.69, 9.17) is 9.47 Å². The van der Waals surface area contributed by atoms with Gasteiger partial charge in [0.25, 0.3) is 5.91 Å². The Bertz CT molecular complexity index is 669. The van der Waals surface area contributed by atoms with Gasteiger partial charge in [0, 0.05) is 24.5 Å². The number of morpholine rings is 1. The average molecular weight is 360 g/mol. The van der Waals surface area contributed by atoms with E-state index in [9.17, 15) is 4.79 Å². The first kappa shape index (κ1) is 17.9. The second kappa shape index (κ2) is 8.99. The van der Waals surface area contributed by atoms with Gasteiger partial charge in [-0.2, -0.15) is 0 Å². The normalized spacial score (nSPS) is 16.4. The molecule has 1 aromatic carbocycles. The van der Waals surface area contributed by atoms with Crippen molar-refractivity contribution in [3.05, 3.63) is 52.2 Å². The summed E-state index contributed by atoms with van der Waals surface area (Å²) in [7, 11) is 0. The predicted molar refractivity (Wildman–Crippen MR) is 99.4 cm³/mol. The van der Waals surface area contributed by atoms with Gasteiger partial charge in [-0.15, -0.1) is 11.3 Å². The molecule has 1 saturated heterocycles. The second-order valence-corrected chi connectivity index (χ2v) is 6.80. The molecule has 0 radical (unpaired) electrons. The summed E-state index contributed by atoms with van der Waals surface area (Å²) < 4.78 is 11.0. The molecule has 1 fully saturated rings. The number of rotatable bonds is 7. The Morgan fingerprint density at radius 2 is 2.08 bits per heavy atom. The third kappa shape index (κ3) is 4.60. The maximum atomic E-state index is 12.7. The lowest BCUT2D eigenvalue weighted by molar-refractivity contribution is 0.0169. The number of benzene rings is 1. The van der Waals surface area contributed by atoms with Gasteiger partial charge in [0.1, 0.15) is 5.75 Å². The van der Waals surface area contributed by atoms with Crippen LogP contribution in [0.1, 0.15) is 28.2 Å². The van der Waals surface area contributed by atoms with Crippen molar-refractivity contribution in [3.63, 3.8) is 0 Å². The topological polar surface area (TPSA) is 50.8 Å². The van der Waals surface area contributed by atoms with Gasteiger partial charge in [0.15, 0.2) is 0 Å². The van der Waals surface area contributed by atoms with Gasteiger partial charge in [0.2, 0.25) is 0 Å². The number of nitrogens with one attached hydrogen (secondary N) is 1. The summed E-state index contributed by atoms with van der Waals surface area (Å²) in [6.07, 6.45) is 0. The Hall–Kier alpha value is -1.89. The number of amides is 1. The van der Waals surface area contributed by atoms with Crippen LogP contribution in [0.5, 0.6) is 5.75 Å². The molecule has 1 aromatic heterocycles. The van der Waals surface area contributed by atoms with Gasteiger partial charge in [-0.1, -0.05) is 18.2 Å². The molecule has 0 unspecified atom stereocenters. The van der Waals surface area contributed by atoms with Gasteiger partial charge in [0.05, 0.1) is 31.4 Å². The highest BCUT2D eigenvalue weighted by Gasteiger charge is 2.24. The minimum Gasteiger partial charge on any atom is -0.493 e. The van der Waals surface area contributed by atoms with E-state index in [0.29, 0.717) is 24.5 Å². The van der Waals surface area contributed by atoms with Crippen LogP contribution < -0.4 is 10.1 Å². The molecule has 134 valence electrons. The average Bonchev–Trinajstić information content (AvgIpc) is 3.18. The minimum absolute atomic E-state index is 0.0983. The predicted octanol–water partition coefficient (Wildman–Crippen LogP) is 2.95. The summed E-state index contributed by atoms with van der Waals surface area (Å²) in [5.41, 5.74) is 0.580. The number of carbonyl (C=O) groups excluding carboxylic acids is 1. The monoisotopic (exact) mass is 360 g/mol. The van der Waals surface area contributed by atoms with Crippen LogP contribution >= 0.6 is 11.3 Å². The van der Waals surface area contributed by atoms with Gasteiger partial charge in [-0.3, -0.25) is 9.69 Å². The van der Waals surface area contributed by atoms with E-state index in [-0.39, 0.29) is 11.9 Å². The molecule has 1 N–H and O–H groups in total. The number of hydrogen-bond donors (Lipinski definition) is 1. The molecular weight excluding hydrogens is 336 g/mol. The Morgan fingerprint density at radius 3 is 2.80 bits per heavy atom. The van der Waals surface area contributed by atoms with E-state index in [1.54, 1.807) is 17.4 Å². The lowest BCUT2D eigenvalue weighted by Crippen LogP contribution is -2.43. The number of para-hydroxylation sites is 1. The molecule has 0 bridgehead atoms. The zero-order chi connectivity index (χ0) is 17.5. The first-order valence-electron chi connectivity index (χ1n) is 8.65. The molecule has 1 amide bonds. The Labute approximate surface area is 152 Å². The van der Waals surface area contributed by atoms with Crippen molar-refractivity contribution < 1.29 is 14.3 Å². The molecule has 25 heavy (non-hydrogen) atoms. The van der Waals surface area contributed by atoms with Gasteiger partial charge in [-0.25, -0.2) is 0 Å². The summed E-state index contributed by atoms with van der Waals surface area (Å²) in [6.45, 7) is 6.27.